The van der Waals surface area contributed by atoms with E-state index < -0.39 is 17.6 Å². The number of ether oxygens (including phenoxy) is 1. The van der Waals surface area contributed by atoms with E-state index in [4.69, 9.17) is 4.74 Å². The largest absolute Gasteiger partial charge is 0.416 e. The average Bonchev–Trinajstić information content (AvgIpc) is 3.17. The fraction of sp³-hybridized carbons (Fsp3) is 0.600. The normalized spacial score (nSPS) is 17.0. The van der Waals surface area contributed by atoms with Crippen molar-refractivity contribution in [3.05, 3.63) is 35.1 Å². The zero-order valence-corrected chi connectivity index (χ0v) is 11.9. The molecule has 1 aromatic rings. The van der Waals surface area contributed by atoms with Gasteiger partial charge in [0.25, 0.3) is 0 Å². The van der Waals surface area contributed by atoms with E-state index in [1.807, 2.05) is 0 Å². The first kappa shape index (κ1) is 16.2. The number of methoxy groups -OCH3 is 1. The van der Waals surface area contributed by atoms with Gasteiger partial charge in [-0.2, -0.15) is 13.2 Å². The van der Waals surface area contributed by atoms with Crippen LogP contribution in [0.15, 0.2) is 18.2 Å². The lowest BCUT2D eigenvalue weighted by atomic mass is 10.0. The molecule has 1 N–H and O–H groups in total. The molecule has 0 heterocycles. The van der Waals surface area contributed by atoms with Crippen LogP contribution in [-0.2, 0) is 17.5 Å². The van der Waals surface area contributed by atoms with E-state index in [2.05, 4.69) is 5.32 Å². The number of benzene rings is 1. The van der Waals surface area contributed by atoms with Crippen LogP contribution in [0.2, 0.25) is 0 Å². The molecule has 0 saturated heterocycles. The van der Waals surface area contributed by atoms with E-state index in [0.717, 1.165) is 25.3 Å². The van der Waals surface area contributed by atoms with Crippen molar-refractivity contribution in [2.75, 3.05) is 20.3 Å². The highest BCUT2D eigenvalue weighted by Crippen LogP contribution is 2.48. The second kappa shape index (κ2) is 6.32. The Bertz CT molecular complexity index is 483. The predicted molar refractivity (Wildman–Crippen MR) is 71.3 cm³/mol. The van der Waals surface area contributed by atoms with Gasteiger partial charge in [-0.1, -0.05) is 6.07 Å². The second-order valence-corrected chi connectivity index (χ2v) is 5.65. The minimum atomic E-state index is -4.54. The molecule has 0 atom stereocenters. The zero-order chi connectivity index (χ0) is 15.5. The lowest BCUT2D eigenvalue weighted by Crippen LogP contribution is -2.26. The number of alkyl halides is 3. The SMILES string of the molecule is COCCC1(CNCc2ccc(F)cc2C(F)(F)F)CC1. The minimum absolute atomic E-state index is 0.0754. The van der Waals surface area contributed by atoms with Gasteiger partial charge in [0.15, 0.2) is 0 Å². The second-order valence-electron chi connectivity index (χ2n) is 5.65. The molecule has 0 aliphatic heterocycles. The highest BCUT2D eigenvalue weighted by molar-refractivity contribution is 5.30. The van der Waals surface area contributed by atoms with Crippen molar-refractivity contribution in [2.45, 2.75) is 32.0 Å². The Morgan fingerprint density at radius 1 is 1.29 bits per heavy atom. The van der Waals surface area contributed by atoms with Gasteiger partial charge in [-0.3, -0.25) is 0 Å². The van der Waals surface area contributed by atoms with Crippen molar-refractivity contribution in [1.82, 2.24) is 5.32 Å². The van der Waals surface area contributed by atoms with Gasteiger partial charge in [0.2, 0.25) is 0 Å². The van der Waals surface area contributed by atoms with Crippen LogP contribution in [-0.4, -0.2) is 20.3 Å². The Balaban J connectivity index is 1.95. The van der Waals surface area contributed by atoms with Crippen molar-refractivity contribution in [2.24, 2.45) is 5.41 Å². The molecule has 1 fully saturated rings. The third kappa shape index (κ3) is 4.41. The number of rotatable bonds is 7. The lowest BCUT2D eigenvalue weighted by Gasteiger charge is -2.17. The first-order valence-electron chi connectivity index (χ1n) is 6.92. The Morgan fingerprint density at radius 2 is 2.00 bits per heavy atom. The van der Waals surface area contributed by atoms with Crippen molar-refractivity contribution in [3.63, 3.8) is 0 Å². The van der Waals surface area contributed by atoms with Gasteiger partial charge in [0, 0.05) is 26.8 Å². The molecular weight excluding hydrogens is 286 g/mol. The molecule has 0 bridgehead atoms. The van der Waals surface area contributed by atoms with Crippen LogP contribution in [0.25, 0.3) is 0 Å². The molecule has 0 radical (unpaired) electrons. The van der Waals surface area contributed by atoms with Gasteiger partial charge in [0.1, 0.15) is 5.82 Å². The molecule has 0 aromatic heterocycles. The molecule has 1 aromatic carbocycles. The highest BCUT2D eigenvalue weighted by atomic mass is 19.4. The van der Waals surface area contributed by atoms with Crippen molar-refractivity contribution >= 4 is 0 Å². The molecule has 1 aliphatic rings. The van der Waals surface area contributed by atoms with Crippen molar-refractivity contribution in [1.29, 1.82) is 0 Å². The summed E-state index contributed by atoms with van der Waals surface area (Å²) in [6, 6.07) is 2.80. The Kier molecular flexibility index (Phi) is 4.88. The molecule has 0 amide bonds. The fourth-order valence-electron chi connectivity index (χ4n) is 2.44. The Labute approximate surface area is 121 Å². The van der Waals surface area contributed by atoms with Crippen molar-refractivity contribution in [3.8, 4) is 0 Å². The molecule has 2 nitrogen and oxygen atoms in total. The Hall–Kier alpha value is -1.14. The standard InChI is InChI=1S/C15H19F4NO/c1-21-7-6-14(4-5-14)10-20-9-11-2-3-12(16)8-13(11)15(17,18)19/h2-3,8,20H,4-7,9-10H2,1H3. The summed E-state index contributed by atoms with van der Waals surface area (Å²) in [7, 11) is 1.64. The van der Waals surface area contributed by atoms with E-state index in [1.165, 1.54) is 6.07 Å². The van der Waals surface area contributed by atoms with Crippen LogP contribution in [0.3, 0.4) is 0 Å². The van der Waals surface area contributed by atoms with Crippen LogP contribution in [0.5, 0.6) is 0 Å². The van der Waals surface area contributed by atoms with Crippen molar-refractivity contribution < 1.29 is 22.3 Å². The lowest BCUT2D eigenvalue weighted by molar-refractivity contribution is -0.138. The van der Waals surface area contributed by atoms with E-state index >= 15 is 0 Å². The Morgan fingerprint density at radius 3 is 2.57 bits per heavy atom. The minimum Gasteiger partial charge on any atom is -0.385 e. The number of halogens is 4. The maximum Gasteiger partial charge on any atom is 0.416 e. The summed E-state index contributed by atoms with van der Waals surface area (Å²) < 4.78 is 56.6. The summed E-state index contributed by atoms with van der Waals surface area (Å²) >= 11 is 0. The number of hydrogen-bond acceptors (Lipinski definition) is 2. The maximum absolute atomic E-state index is 13.0. The third-order valence-corrected chi connectivity index (χ3v) is 3.99. The summed E-state index contributed by atoms with van der Waals surface area (Å²) in [6.45, 7) is 1.40. The molecule has 21 heavy (non-hydrogen) atoms. The average molecular weight is 305 g/mol. The molecule has 0 spiro atoms. The molecular formula is C15H19F4NO. The molecule has 118 valence electrons. The highest BCUT2D eigenvalue weighted by Gasteiger charge is 2.41. The third-order valence-electron chi connectivity index (χ3n) is 3.99. The fourth-order valence-corrected chi connectivity index (χ4v) is 2.44. The van der Waals surface area contributed by atoms with Crippen LogP contribution >= 0.6 is 0 Å². The van der Waals surface area contributed by atoms with Crippen LogP contribution in [0.1, 0.15) is 30.4 Å². The molecule has 0 unspecified atom stereocenters. The quantitative estimate of drug-likeness (QED) is 0.775. The van der Waals surface area contributed by atoms with Gasteiger partial charge >= 0.3 is 6.18 Å². The summed E-state index contributed by atoms with van der Waals surface area (Å²) in [6.07, 6.45) is -1.49. The first-order chi connectivity index (χ1) is 9.86. The van der Waals surface area contributed by atoms with Gasteiger partial charge in [-0.25, -0.2) is 4.39 Å². The molecule has 1 aliphatic carbocycles. The number of nitrogens with one attached hydrogen (secondary N) is 1. The molecule has 6 heteroatoms. The summed E-state index contributed by atoms with van der Waals surface area (Å²) in [5.41, 5.74) is -0.669. The molecule has 2 rings (SSSR count). The first-order valence-corrected chi connectivity index (χ1v) is 6.92. The van der Waals surface area contributed by atoms with Gasteiger partial charge in [0.05, 0.1) is 5.56 Å². The smallest absolute Gasteiger partial charge is 0.385 e. The summed E-state index contributed by atoms with van der Waals surface area (Å²) in [4.78, 5) is 0. The van der Waals surface area contributed by atoms with E-state index in [-0.39, 0.29) is 17.5 Å². The van der Waals surface area contributed by atoms with Gasteiger partial charge in [-0.15, -0.1) is 0 Å². The van der Waals surface area contributed by atoms with E-state index in [9.17, 15) is 17.6 Å². The van der Waals surface area contributed by atoms with Gasteiger partial charge in [-0.05, 0) is 42.4 Å². The van der Waals surface area contributed by atoms with E-state index in [0.29, 0.717) is 19.2 Å². The monoisotopic (exact) mass is 305 g/mol. The predicted octanol–water partition coefficient (Wildman–Crippen LogP) is 3.75. The molecule has 1 saturated carbocycles. The van der Waals surface area contributed by atoms with Crippen LogP contribution in [0, 0.1) is 11.2 Å². The summed E-state index contributed by atoms with van der Waals surface area (Å²) in [5, 5.41) is 3.07. The topological polar surface area (TPSA) is 21.3 Å². The summed E-state index contributed by atoms with van der Waals surface area (Å²) in [5.74, 6) is -0.871. The number of hydrogen-bond donors (Lipinski definition) is 1. The van der Waals surface area contributed by atoms with Crippen LogP contribution in [0.4, 0.5) is 17.6 Å². The van der Waals surface area contributed by atoms with E-state index in [1.54, 1.807) is 7.11 Å². The van der Waals surface area contributed by atoms with Crippen LogP contribution < -0.4 is 5.32 Å². The van der Waals surface area contributed by atoms with Gasteiger partial charge < -0.3 is 10.1 Å². The maximum atomic E-state index is 13.0. The zero-order valence-electron chi connectivity index (χ0n) is 11.9.